The summed E-state index contributed by atoms with van der Waals surface area (Å²) in [4.78, 5) is 75.0. The van der Waals surface area contributed by atoms with Gasteiger partial charge in [-0.2, -0.15) is 0 Å². The summed E-state index contributed by atoms with van der Waals surface area (Å²) in [5.74, 6) is 1.52. The highest BCUT2D eigenvalue weighted by molar-refractivity contribution is 6.07. The largest absolute Gasteiger partial charge is 0.453 e. The molecule has 5 aromatic carbocycles. The van der Waals surface area contributed by atoms with Crippen LogP contribution in [0.15, 0.2) is 91.0 Å². The number of nitrogens with zero attached hydrogens (tertiary/aromatic N) is 4. The van der Waals surface area contributed by atoms with Crippen molar-refractivity contribution < 1.29 is 33.4 Å². The van der Waals surface area contributed by atoms with Gasteiger partial charge in [-0.3, -0.25) is 9.59 Å². The Morgan fingerprint density at radius 2 is 1.42 bits per heavy atom. The first-order chi connectivity index (χ1) is 33.0. The number of benzene rings is 5. The Balaban J connectivity index is 0.981. The standard InChI is InChI=1S/C54H62N8O7/c1-29(2)44(59-52(65)68-9)50(63)62(48-30(3)31(48)4)27-43-55-40-21-17-36-24-34(15-19-38(36)46(40)57-43)35-16-20-39-37(25-35)18-22-41-47(39)58-49(56-41)42-23-32(28-67-8)26-61(42)51(64)45(33-13-11-10-12-14-33)60-53(66)69-54(5,6)7/h10-22,24-25,29-32,42,44-45,48H,23,26-28H2,1-9H3,(H,55,57)(H,56,58)(H,59,65)(H,60,66)/t30-,31?,32-,42-,44-,45+,48?/m0/s1. The highest BCUT2D eigenvalue weighted by atomic mass is 16.6. The van der Waals surface area contributed by atoms with Gasteiger partial charge >= 0.3 is 12.2 Å². The number of hydrogen-bond acceptors (Lipinski definition) is 9. The van der Waals surface area contributed by atoms with Crippen molar-refractivity contribution in [3.8, 4) is 11.1 Å². The number of nitrogens with one attached hydrogen (secondary N) is 4. The Kier molecular flexibility index (Phi) is 12.8. The molecule has 0 radical (unpaired) electrons. The topological polar surface area (TPSA) is 184 Å². The summed E-state index contributed by atoms with van der Waals surface area (Å²) >= 11 is 0. The average Bonchev–Trinajstić information content (AvgIpc) is 3.80. The molecular weight excluding hydrogens is 873 g/mol. The van der Waals surface area contributed by atoms with Crippen molar-refractivity contribution in [2.75, 3.05) is 27.4 Å². The quantitative estimate of drug-likeness (QED) is 0.0875. The molecule has 1 aliphatic carbocycles. The SMILES string of the molecule is COC[C@H]1C[C@@H](c2nc3c(ccc4cc(-c5ccc6c(ccc7[nH]c(CN(C(=O)[C@@H](NC(=O)OC)C(C)C)C8C(C)[C@@H]8C)nc76)c5)ccc43)[nH]2)N(C(=O)[C@H](NC(=O)OC(C)(C)C)c2ccccc2)C1. The number of hydrogen-bond donors (Lipinski definition) is 4. The molecule has 1 saturated carbocycles. The predicted molar refractivity (Wildman–Crippen MR) is 266 cm³/mol. The fourth-order valence-corrected chi connectivity index (χ4v) is 10.1. The molecule has 69 heavy (non-hydrogen) atoms. The first kappa shape index (κ1) is 47.1. The Morgan fingerprint density at radius 3 is 2.00 bits per heavy atom. The third-order valence-corrected chi connectivity index (χ3v) is 13.9. The van der Waals surface area contributed by atoms with Crippen molar-refractivity contribution in [3.63, 3.8) is 0 Å². The molecule has 4 N–H and O–H groups in total. The maximum Gasteiger partial charge on any atom is 0.408 e. The van der Waals surface area contributed by atoms with Crippen molar-refractivity contribution in [1.29, 1.82) is 0 Å². The van der Waals surface area contributed by atoms with Gasteiger partial charge in [0.1, 0.15) is 29.3 Å². The molecule has 3 heterocycles. The summed E-state index contributed by atoms with van der Waals surface area (Å²) in [6.45, 7) is 14.7. The molecule has 0 spiro atoms. The molecule has 2 fully saturated rings. The number of rotatable bonds is 13. The van der Waals surface area contributed by atoms with Crippen LogP contribution in [0.5, 0.6) is 0 Å². The number of likely N-dealkylation sites (tertiary alicyclic amines) is 1. The van der Waals surface area contributed by atoms with E-state index in [-0.39, 0.29) is 42.3 Å². The van der Waals surface area contributed by atoms with Gasteiger partial charge in [0.25, 0.3) is 5.91 Å². The summed E-state index contributed by atoms with van der Waals surface area (Å²) in [7, 11) is 2.96. The summed E-state index contributed by atoms with van der Waals surface area (Å²) in [6, 6.07) is 28.2. The van der Waals surface area contributed by atoms with Gasteiger partial charge in [-0.25, -0.2) is 19.6 Å². The Labute approximate surface area is 401 Å². The molecular formula is C54H62N8O7. The second kappa shape index (κ2) is 18.8. The van der Waals surface area contributed by atoms with E-state index < -0.39 is 29.9 Å². The molecule has 0 bridgehead atoms. The number of methoxy groups -OCH3 is 2. The summed E-state index contributed by atoms with van der Waals surface area (Å²) in [5, 5.41) is 9.63. The molecule has 2 unspecified atom stereocenters. The Bertz CT molecular complexity index is 3060. The third-order valence-electron chi connectivity index (χ3n) is 13.9. The van der Waals surface area contributed by atoms with Crippen molar-refractivity contribution in [2.45, 2.75) is 91.2 Å². The minimum absolute atomic E-state index is 0.0376. The van der Waals surface area contributed by atoms with E-state index in [0.29, 0.717) is 48.6 Å². The van der Waals surface area contributed by atoms with Gasteiger partial charge in [0, 0.05) is 36.4 Å². The fourth-order valence-electron chi connectivity index (χ4n) is 10.1. The summed E-state index contributed by atoms with van der Waals surface area (Å²) in [6.07, 6.45) is -0.669. The zero-order chi connectivity index (χ0) is 48.9. The molecule has 7 aromatic rings. The normalized spacial score (nSPS) is 20.1. The second-order valence-electron chi connectivity index (χ2n) is 20.2. The van der Waals surface area contributed by atoms with Crippen LogP contribution < -0.4 is 10.6 Å². The maximum atomic E-state index is 14.6. The molecule has 4 amide bonds. The fraction of sp³-hybridized carbons (Fsp3) is 0.407. The van der Waals surface area contributed by atoms with E-state index in [4.69, 9.17) is 24.2 Å². The number of fused-ring (bicyclic) bond motifs is 6. The van der Waals surface area contributed by atoms with Gasteiger partial charge in [0.15, 0.2) is 0 Å². The maximum absolute atomic E-state index is 14.6. The number of carbonyl (C=O) groups excluding carboxylic acids is 4. The van der Waals surface area contributed by atoms with Crippen LogP contribution in [0.4, 0.5) is 9.59 Å². The highest BCUT2D eigenvalue weighted by Gasteiger charge is 2.50. The van der Waals surface area contributed by atoms with Crippen molar-refractivity contribution in [3.05, 3.63) is 108 Å². The van der Waals surface area contributed by atoms with Crippen LogP contribution in [-0.2, 0) is 30.3 Å². The van der Waals surface area contributed by atoms with Crippen LogP contribution in [0.1, 0.15) is 84.2 Å². The van der Waals surface area contributed by atoms with Gasteiger partial charge < -0.3 is 44.6 Å². The van der Waals surface area contributed by atoms with E-state index in [1.165, 1.54) is 7.11 Å². The van der Waals surface area contributed by atoms with E-state index in [1.807, 2.05) is 66.1 Å². The van der Waals surface area contributed by atoms with E-state index in [2.05, 4.69) is 83.0 Å². The number of carbonyl (C=O) groups is 4. The summed E-state index contributed by atoms with van der Waals surface area (Å²) in [5.41, 5.74) is 5.38. The molecule has 15 nitrogen and oxygen atoms in total. The van der Waals surface area contributed by atoms with Crippen molar-refractivity contribution in [1.82, 2.24) is 40.4 Å². The van der Waals surface area contributed by atoms with Crippen LogP contribution in [0, 0.1) is 23.7 Å². The molecule has 2 aliphatic rings. The zero-order valence-corrected chi connectivity index (χ0v) is 40.8. The molecule has 9 rings (SSSR count). The predicted octanol–water partition coefficient (Wildman–Crippen LogP) is 9.58. The number of ether oxygens (including phenoxy) is 3. The van der Waals surface area contributed by atoms with Gasteiger partial charge in [-0.15, -0.1) is 0 Å². The third kappa shape index (κ3) is 9.56. The lowest BCUT2D eigenvalue weighted by molar-refractivity contribution is -0.136. The number of imidazole rings is 2. The van der Waals surface area contributed by atoms with Crippen molar-refractivity contribution >= 4 is 67.6 Å². The smallest absolute Gasteiger partial charge is 0.408 e. The van der Waals surface area contributed by atoms with E-state index in [0.717, 1.165) is 54.7 Å². The Hall–Kier alpha value is -7.00. The van der Waals surface area contributed by atoms with Crippen LogP contribution in [0.2, 0.25) is 0 Å². The van der Waals surface area contributed by atoms with E-state index in [9.17, 15) is 19.2 Å². The average molecular weight is 935 g/mol. The number of alkyl carbamates (subject to hydrolysis) is 2. The number of aromatic amines is 2. The lowest BCUT2D eigenvalue weighted by Crippen LogP contribution is -2.52. The molecule has 360 valence electrons. The van der Waals surface area contributed by atoms with Gasteiger partial charge in [0.2, 0.25) is 5.91 Å². The first-order valence-corrected chi connectivity index (χ1v) is 23.8. The minimum atomic E-state index is -0.971. The van der Waals surface area contributed by atoms with E-state index in [1.54, 1.807) is 27.9 Å². The first-order valence-electron chi connectivity index (χ1n) is 23.8. The number of aromatic nitrogens is 4. The summed E-state index contributed by atoms with van der Waals surface area (Å²) < 4.78 is 16.0. The van der Waals surface area contributed by atoms with Gasteiger partial charge in [0.05, 0.1) is 48.4 Å². The number of H-pyrrole nitrogens is 2. The van der Waals surface area contributed by atoms with E-state index >= 15 is 0 Å². The monoisotopic (exact) mass is 934 g/mol. The Morgan fingerprint density at radius 1 is 0.797 bits per heavy atom. The van der Waals surface area contributed by atoms with Crippen LogP contribution in [-0.4, -0.2) is 98.8 Å². The lowest BCUT2D eigenvalue weighted by atomic mass is 9.98. The molecule has 15 heteroatoms. The molecule has 1 aliphatic heterocycles. The molecule has 1 saturated heterocycles. The molecule has 2 aromatic heterocycles. The van der Waals surface area contributed by atoms with Crippen LogP contribution in [0.25, 0.3) is 54.7 Å². The van der Waals surface area contributed by atoms with Crippen LogP contribution in [0.3, 0.4) is 0 Å². The van der Waals surface area contributed by atoms with Gasteiger partial charge in [-0.1, -0.05) is 94.4 Å². The highest BCUT2D eigenvalue weighted by Crippen LogP contribution is 2.44. The zero-order valence-electron chi connectivity index (χ0n) is 40.8. The second-order valence-corrected chi connectivity index (χ2v) is 20.2. The number of amides is 4. The van der Waals surface area contributed by atoms with Crippen LogP contribution >= 0.6 is 0 Å². The molecule has 7 atom stereocenters. The van der Waals surface area contributed by atoms with Crippen molar-refractivity contribution in [2.24, 2.45) is 23.7 Å². The lowest BCUT2D eigenvalue weighted by Gasteiger charge is -2.29. The van der Waals surface area contributed by atoms with Gasteiger partial charge in [-0.05, 0) is 96.7 Å². The minimum Gasteiger partial charge on any atom is -0.453 e.